The largest absolute Gasteiger partial charge is 0.347 e. The van der Waals surface area contributed by atoms with Crippen LogP contribution in [-0.2, 0) is 25.6 Å². The molecule has 3 fully saturated rings. The van der Waals surface area contributed by atoms with Crippen LogP contribution in [0.25, 0.3) is 44.3 Å². The third-order valence-electron chi connectivity index (χ3n) is 12.8. The lowest BCUT2D eigenvalue weighted by Gasteiger charge is -2.29. The molecule has 0 spiro atoms. The molecule has 0 radical (unpaired) electrons. The number of nitrogens with one attached hydrogen (secondary N) is 3. The summed E-state index contributed by atoms with van der Waals surface area (Å²) in [6, 6.07) is 16.3. The van der Waals surface area contributed by atoms with Gasteiger partial charge in [-0.15, -0.1) is 0 Å². The Bertz CT molecular complexity index is 2370. The van der Waals surface area contributed by atoms with E-state index in [1.807, 2.05) is 29.7 Å². The monoisotopic (exact) mass is 753 g/mol. The molecule has 5 aromatic rings. The molecule has 11 heteroatoms. The van der Waals surface area contributed by atoms with Crippen molar-refractivity contribution in [1.82, 2.24) is 35.1 Å². The van der Waals surface area contributed by atoms with Crippen LogP contribution in [0.2, 0.25) is 0 Å². The summed E-state index contributed by atoms with van der Waals surface area (Å²) < 4.78 is 0. The van der Waals surface area contributed by atoms with E-state index in [4.69, 9.17) is 9.97 Å². The summed E-state index contributed by atoms with van der Waals surface area (Å²) in [5, 5.41) is 2.72. The van der Waals surface area contributed by atoms with Gasteiger partial charge in [0.25, 0.3) is 0 Å². The summed E-state index contributed by atoms with van der Waals surface area (Å²) in [6.07, 6.45) is 7.11. The summed E-state index contributed by atoms with van der Waals surface area (Å²) in [5.74, 6) is 2.53. The molecule has 2 aromatic heterocycles. The second-order valence-electron chi connectivity index (χ2n) is 17.2. The van der Waals surface area contributed by atoms with Crippen LogP contribution in [-0.4, -0.2) is 72.9 Å². The van der Waals surface area contributed by atoms with Gasteiger partial charge in [-0.2, -0.15) is 0 Å². The molecule has 11 nitrogen and oxygen atoms in total. The van der Waals surface area contributed by atoms with Gasteiger partial charge >= 0.3 is 0 Å². The Morgan fingerprint density at radius 2 is 1.45 bits per heavy atom. The molecule has 0 bridgehead atoms. The van der Waals surface area contributed by atoms with Crippen molar-refractivity contribution in [3.63, 3.8) is 0 Å². The summed E-state index contributed by atoms with van der Waals surface area (Å²) in [6.45, 7) is 9.44. The quantitative estimate of drug-likeness (QED) is 0.126. The Balaban J connectivity index is 1.05. The van der Waals surface area contributed by atoms with Crippen LogP contribution in [0.15, 0.2) is 48.5 Å². The number of aromatic nitrogens is 4. The van der Waals surface area contributed by atoms with Crippen molar-refractivity contribution in [2.45, 2.75) is 103 Å². The summed E-state index contributed by atoms with van der Waals surface area (Å²) in [7, 11) is 0. The van der Waals surface area contributed by atoms with Crippen molar-refractivity contribution in [3.05, 3.63) is 71.3 Å². The van der Waals surface area contributed by atoms with E-state index in [2.05, 4.69) is 71.6 Å². The minimum atomic E-state index is -0.575. The number of amides is 3. The zero-order valence-electron chi connectivity index (χ0n) is 32.7. The number of nitrogens with zero attached hydrogens (tertiary/aromatic N) is 4. The fourth-order valence-electron chi connectivity index (χ4n) is 10.2. The van der Waals surface area contributed by atoms with Gasteiger partial charge in [-0.1, -0.05) is 52.0 Å². The fraction of sp³-hybridized carbons (Fsp3) is 0.467. The topological polar surface area (TPSA) is 144 Å². The zero-order chi connectivity index (χ0) is 38.8. The predicted octanol–water partition coefficient (Wildman–Crippen LogP) is 7.54. The van der Waals surface area contributed by atoms with E-state index in [1.165, 1.54) is 5.56 Å². The number of Topliss-reactive ketones (excluding diaryl/α,β-unsaturated/α-hetero) is 1. The van der Waals surface area contributed by atoms with Crippen LogP contribution in [0.1, 0.15) is 113 Å². The number of ketones is 1. The number of aromatic amines is 2. The molecule has 5 atom stereocenters. The van der Waals surface area contributed by atoms with Crippen molar-refractivity contribution in [1.29, 1.82) is 0 Å². The SMILES string of the molecule is CC(C)CC(=O)N1CCC[C@H]1c1nc2ccc(-c3ccc(-c4ccc5nc(C6CCCN6C(=O)C(NC=O)C(C)C)[nH]c5c4)c4c3C3C(=O)CCC3C4)cc2[nH]1. The number of rotatable bonds is 10. The van der Waals surface area contributed by atoms with Crippen LogP contribution < -0.4 is 5.32 Å². The lowest BCUT2D eigenvalue weighted by molar-refractivity contribution is -0.137. The Morgan fingerprint density at radius 3 is 2.07 bits per heavy atom. The van der Waals surface area contributed by atoms with E-state index in [-0.39, 0.29) is 35.7 Å². The number of benzene rings is 3. The number of carbonyl (C=O) groups is 4. The minimum Gasteiger partial charge on any atom is -0.347 e. The third kappa shape index (κ3) is 6.19. The highest BCUT2D eigenvalue weighted by Crippen LogP contribution is 2.52. The molecule has 56 heavy (non-hydrogen) atoms. The highest BCUT2D eigenvalue weighted by molar-refractivity contribution is 5.96. The van der Waals surface area contributed by atoms with Gasteiger partial charge in [-0.3, -0.25) is 19.2 Å². The van der Waals surface area contributed by atoms with Crippen LogP contribution >= 0.6 is 0 Å². The number of hydrogen-bond donors (Lipinski definition) is 3. The van der Waals surface area contributed by atoms with Gasteiger partial charge in [0.15, 0.2) is 0 Å². The van der Waals surface area contributed by atoms with Gasteiger partial charge in [-0.25, -0.2) is 9.97 Å². The Labute approximate surface area is 327 Å². The van der Waals surface area contributed by atoms with Crippen molar-refractivity contribution in [3.8, 4) is 22.3 Å². The normalized spacial score (nSPS) is 22.5. The Hall–Kier alpha value is -5.32. The van der Waals surface area contributed by atoms with E-state index in [9.17, 15) is 19.2 Å². The molecule has 2 aliphatic carbocycles. The molecule has 4 heterocycles. The molecule has 290 valence electrons. The van der Waals surface area contributed by atoms with Crippen LogP contribution in [0, 0.1) is 17.8 Å². The Kier molecular flexibility index (Phi) is 9.29. The number of likely N-dealkylation sites (tertiary alicyclic amines) is 2. The first-order chi connectivity index (χ1) is 27.1. The van der Waals surface area contributed by atoms with Crippen molar-refractivity contribution < 1.29 is 19.2 Å². The van der Waals surface area contributed by atoms with E-state index < -0.39 is 6.04 Å². The molecular formula is C45H51N7O4. The Morgan fingerprint density at radius 1 is 0.839 bits per heavy atom. The van der Waals surface area contributed by atoms with Gasteiger partial charge in [-0.05, 0) is 114 Å². The van der Waals surface area contributed by atoms with Crippen molar-refractivity contribution in [2.75, 3.05) is 13.1 Å². The first kappa shape index (κ1) is 36.3. The molecule has 3 amide bonds. The summed E-state index contributed by atoms with van der Waals surface area (Å²) >= 11 is 0. The number of fused-ring (bicyclic) bond motifs is 5. The standard InChI is InChI=1S/C45H51N7O4/c1-24(2)19-39(55)51-17-5-7-36(51)43-47-33-15-10-27(22-35(33)49-43)30-13-12-29(31-20-28-11-16-38(54)40(28)41(30)31)26-9-14-32-34(21-26)50-44(48-32)37-8-6-18-52(37)45(56)42(25(3)4)46-23-53/h9-10,12-15,21-25,28,36-37,40,42H,5-8,11,16-20H2,1-4H3,(H,46,53)(H,47,49)(H,48,50)/t28?,36-,37?,40?,42?/m0/s1. The molecule has 9 rings (SSSR count). The molecule has 4 unspecified atom stereocenters. The maximum Gasteiger partial charge on any atom is 0.246 e. The molecular weight excluding hydrogens is 703 g/mol. The van der Waals surface area contributed by atoms with E-state index in [1.54, 1.807) is 0 Å². The van der Waals surface area contributed by atoms with Crippen LogP contribution in [0.3, 0.4) is 0 Å². The lowest BCUT2D eigenvalue weighted by atomic mass is 9.86. The lowest BCUT2D eigenvalue weighted by Crippen LogP contribution is -2.48. The average molecular weight is 754 g/mol. The molecule has 3 aromatic carbocycles. The first-order valence-electron chi connectivity index (χ1n) is 20.6. The fourth-order valence-corrected chi connectivity index (χ4v) is 10.2. The zero-order valence-corrected chi connectivity index (χ0v) is 32.7. The molecule has 2 saturated heterocycles. The van der Waals surface area contributed by atoms with E-state index in [0.717, 1.165) is 107 Å². The first-order valence-corrected chi connectivity index (χ1v) is 20.6. The smallest absolute Gasteiger partial charge is 0.246 e. The molecule has 1 saturated carbocycles. The molecule has 3 N–H and O–H groups in total. The predicted molar refractivity (Wildman–Crippen MR) is 215 cm³/mol. The highest BCUT2D eigenvalue weighted by Gasteiger charge is 2.44. The van der Waals surface area contributed by atoms with Gasteiger partial charge in [0.1, 0.15) is 23.5 Å². The number of hydrogen-bond acceptors (Lipinski definition) is 6. The van der Waals surface area contributed by atoms with Gasteiger partial charge in [0.2, 0.25) is 18.2 Å². The number of imidazole rings is 2. The number of H-pyrrole nitrogens is 2. The average Bonchev–Trinajstić information content (AvgIpc) is 4.02. The maximum atomic E-state index is 13.6. The van der Waals surface area contributed by atoms with Crippen molar-refractivity contribution in [2.24, 2.45) is 17.8 Å². The molecule has 4 aliphatic rings. The molecule has 2 aliphatic heterocycles. The highest BCUT2D eigenvalue weighted by atomic mass is 16.2. The van der Waals surface area contributed by atoms with Gasteiger partial charge < -0.3 is 25.1 Å². The van der Waals surface area contributed by atoms with E-state index >= 15 is 0 Å². The summed E-state index contributed by atoms with van der Waals surface area (Å²) in [5.41, 5.74) is 10.3. The third-order valence-corrected chi connectivity index (χ3v) is 12.8. The maximum absolute atomic E-state index is 13.6. The second-order valence-corrected chi connectivity index (χ2v) is 17.2. The van der Waals surface area contributed by atoms with Gasteiger partial charge in [0, 0.05) is 31.8 Å². The van der Waals surface area contributed by atoms with Crippen LogP contribution in [0.4, 0.5) is 0 Å². The minimum absolute atomic E-state index is 0.0308. The van der Waals surface area contributed by atoms with Gasteiger partial charge in [0.05, 0.1) is 34.2 Å². The van der Waals surface area contributed by atoms with Crippen molar-refractivity contribution >= 4 is 46.1 Å². The number of carbonyl (C=O) groups excluding carboxylic acids is 4. The summed E-state index contributed by atoms with van der Waals surface area (Å²) in [4.78, 5) is 72.4. The van der Waals surface area contributed by atoms with Crippen LogP contribution in [0.5, 0.6) is 0 Å². The van der Waals surface area contributed by atoms with E-state index in [0.29, 0.717) is 43.4 Å². The second kappa shape index (κ2) is 14.3.